The average Bonchev–Trinajstić information content (AvgIpc) is 3.49. The van der Waals surface area contributed by atoms with Gasteiger partial charge in [0.05, 0.1) is 37.2 Å². The van der Waals surface area contributed by atoms with Crippen molar-refractivity contribution in [3.05, 3.63) is 25.3 Å². The molecule has 0 aromatic rings. The summed E-state index contributed by atoms with van der Waals surface area (Å²) in [7, 11) is 0. The van der Waals surface area contributed by atoms with Crippen molar-refractivity contribution >= 4 is 33.7 Å². The molecule has 8 atom stereocenters. The number of esters is 1. The first-order valence-corrected chi connectivity index (χ1v) is 16.5. The van der Waals surface area contributed by atoms with Gasteiger partial charge >= 0.3 is 5.97 Å². The van der Waals surface area contributed by atoms with Crippen LogP contribution in [0.3, 0.4) is 0 Å². The van der Waals surface area contributed by atoms with E-state index in [-0.39, 0.29) is 41.2 Å². The summed E-state index contributed by atoms with van der Waals surface area (Å²) in [5.41, 5.74) is -1.84. The molecule has 8 nitrogen and oxygen atoms in total. The highest BCUT2D eigenvalue weighted by Crippen LogP contribution is 2.61. The van der Waals surface area contributed by atoms with E-state index in [2.05, 4.69) is 49.9 Å². The number of nitrogens with zero attached hydrogens (tertiary/aromatic N) is 2. The Kier molecular flexibility index (Phi) is 11.2. The molecule has 3 unspecified atom stereocenters. The molecule has 3 heterocycles. The zero-order valence-corrected chi connectivity index (χ0v) is 28.3. The van der Waals surface area contributed by atoms with Crippen LogP contribution in [0.2, 0.25) is 0 Å². The van der Waals surface area contributed by atoms with Gasteiger partial charge in [-0.2, -0.15) is 0 Å². The normalized spacial score (nSPS) is 30.2. The molecule has 238 valence electrons. The Hall–Kier alpha value is -1.71. The van der Waals surface area contributed by atoms with E-state index in [0.717, 1.165) is 19.3 Å². The first-order valence-electron chi connectivity index (χ1n) is 15.6. The first-order chi connectivity index (χ1) is 19.6. The third kappa shape index (κ3) is 6.53. The maximum absolute atomic E-state index is 14.9. The lowest BCUT2D eigenvalue weighted by Crippen LogP contribution is -2.63. The molecule has 3 rings (SSSR count). The lowest BCUT2D eigenvalue weighted by Gasteiger charge is -2.47. The number of ether oxygens (including phenoxy) is 2. The van der Waals surface area contributed by atoms with Crippen molar-refractivity contribution in [2.24, 2.45) is 23.2 Å². The highest BCUT2D eigenvalue weighted by atomic mass is 79.9. The van der Waals surface area contributed by atoms with Crippen LogP contribution in [0.5, 0.6) is 0 Å². The summed E-state index contributed by atoms with van der Waals surface area (Å²) in [6.07, 6.45) is 7.19. The van der Waals surface area contributed by atoms with E-state index in [4.69, 9.17) is 9.47 Å². The van der Waals surface area contributed by atoms with Crippen LogP contribution in [0.1, 0.15) is 87.0 Å². The lowest BCUT2D eigenvalue weighted by molar-refractivity contribution is -0.159. The summed E-state index contributed by atoms with van der Waals surface area (Å²) in [4.78, 5) is 46.2. The largest absolute Gasteiger partial charge is 0.465 e. The number of likely N-dealkylation sites (tertiary alicyclic amines) is 1. The number of halogens is 1. The maximum Gasteiger partial charge on any atom is 0.312 e. The molecule has 0 saturated carbocycles. The molecule has 42 heavy (non-hydrogen) atoms. The van der Waals surface area contributed by atoms with Gasteiger partial charge in [0.15, 0.2) is 0 Å². The summed E-state index contributed by atoms with van der Waals surface area (Å²) in [5.74, 6) is -2.78. The number of aliphatic hydroxyl groups excluding tert-OH is 1. The number of unbranched alkanes of at least 4 members (excludes halogenated alkanes) is 2. The molecule has 3 fully saturated rings. The number of allylic oxidation sites excluding steroid dienone is 1. The van der Waals surface area contributed by atoms with Gasteiger partial charge < -0.3 is 24.4 Å². The van der Waals surface area contributed by atoms with Crippen LogP contribution in [-0.2, 0) is 23.9 Å². The van der Waals surface area contributed by atoms with Crippen LogP contribution in [-0.4, -0.2) is 86.6 Å². The third-order valence-electron chi connectivity index (χ3n) is 9.40. The molecule has 0 aromatic carbocycles. The number of amides is 2. The Balaban J connectivity index is 2.10. The van der Waals surface area contributed by atoms with Gasteiger partial charge in [0, 0.05) is 16.9 Å². The number of carbonyl (C=O) groups excluding carboxylic acids is 3. The minimum atomic E-state index is -1.21. The van der Waals surface area contributed by atoms with Gasteiger partial charge in [0.2, 0.25) is 11.8 Å². The number of hydrogen-bond donors (Lipinski definition) is 1. The van der Waals surface area contributed by atoms with E-state index < -0.39 is 47.1 Å². The molecule has 3 aliphatic heterocycles. The molecule has 9 heteroatoms. The van der Waals surface area contributed by atoms with Gasteiger partial charge in [-0.25, -0.2) is 0 Å². The number of carbonyl (C=O) groups is 3. The Labute approximate surface area is 261 Å². The average molecular weight is 654 g/mol. The predicted molar refractivity (Wildman–Crippen MR) is 168 cm³/mol. The van der Waals surface area contributed by atoms with Gasteiger partial charge in [-0.05, 0) is 57.3 Å². The molecule has 0 aromatic heterocycles. The molecule has 1 spiro atoms. The van der Waals surface area contributed by atoms with Crippen molar-refractivity contribution in [2.45, 2.75) is 121 Å². The van der Waals surface area contributed by atoms with Gasteiger partial charge in [0.25, 0.3) is 0 Å². The molecular formula is C33H53BrN2O6. The summed E-state index contributed by atoms with van der Waals surface area (Å²) in [5, 5.41) is 10.6. The number of alkyl halides is 1. The Morgan fingerprint density at radius 2 is 1.90 bits per heavy atom. The standard InChI is InChI=1S/C33H53BrN2O6/c1-10-13-14-15-17-41-30(40)24-25-28(38)36(23(19-37)21(4)12-3)27(33(25)18-22(34)26(24)42-33)29(39)35(16-11-2)32(8,9)20-31(5,6)7/h10-11,21-27,37H,1-2,12-20H2,3-9H3/t21-,22?,23-,24+,25-,26+,27?,33?/m0/s1. The van der Waals surface area contributed by atoms with E-state index >= 15 is 0 Å². The van der Waals surface area contributed by atoms with Crippen molar-refractivity contribution in [1.82, 2.24) is 9.80 Å². The van der Waals surface area contributed by atoms with Gasteiger partial charge in [-0.15, -0.1) is 13.2 Å². The SMILES string of the molecule is C=CCCCCOC(=O)[C@H]1[C@@H]2OC3(CC2Br)C(C(=O)N(CC=C)C(C)(C)CC(C)(C)C)N([C@@H](CO)[C@@H](C)CC)C(=O)[C@H]13. The van der Waals surface area contributed by atoms with Crippen molar-refractivity contribution < 1.29 is 29.0 Å². The second-order valence-electron chi connectivity index (χ2n) is 14.3. The highest BCUT2D eigenvalue weighted by Gasteiger charge is 2.78. The first kappa shape index (κ1) is 34.8. The minimum Gasteiger partial charge on any atom is -0.465 e. The lowest BCUT2D eigenvalue weighted by atomic mass is 9.70. The molecule has 2 amide bonds. The van der Waals surface area contributed by atoms with Crippen molar-refractivity contribution in [3.8, 4) is 0 Å². The van der Waals surface area contributed by atoms with Crippen LogP contribution in [0.4, 0.5) is 0 Å². The van der Waals surface area contributed by atoms with Gasteiger partial charge in [-0.3, -0.25) is 14.4 Å². The maximum atomic E-state index is 14.9. The smallest absolute Gasteiger partial charge is 0.312 e. The van der Waals surface area contributed by atoms with Crippen LogP contribution in [0, 0.1) is 23.2 Å². The quantitative estimate of drug-likeness (QED) is 0.112. The molecular weight excluding hydrogens is 600 g/mol. The summed E-state index contributed by atoms with van der Waals surface area (Å²) in [6, 6.07) is -1.59. The third-order valence-corrected chi connectivity index (χ3v) is 10.2. The van der Waals surface area contributed by atoms with E-state index in [0.29, 0.717) is 25.8 Å². The zero-order valence-electron chi connectivity index (χ0n) is 26.7. The fraction of sp³-hybridized carbons (Fsp3) is 0.788. The van der Waals surface area contributed by atoms with Crippen LogP contribution in [0.25, 0.3) is 0 Å². The summed E-state index contributed by atoms with van der Waals surface area (Å²) in [6.45, 7) is 22.4. The monoisotopic (exact) mass is 652 g/mol. The molecule has 3 saturated heterocycles. The van der Waals surface area contributed by atoms with Crippen LogP contribution >= 0.6 is 15.9 Å². The van der Waals surface area contributed by atoms with E-state index in [1.165, 1.54) is 0 Å². The molecule has 1 N–H and O–H groups in total. The number of aliphatic hydroxyl groups is 1. The van der Waals surface area contributed by atoms with Gasteiger partial charge in [0.1, 0.15) is 11.6 Å². The van der Waals surface area contributed by atoms with E-state index in [1.54, 1.807) is 11.0 Å². The van der Waals surface area contributed by atoms with E-state index in [1.807, 2.05) is 38.7 Å². The van der Waals surface area contributed by atoms with Gasteiger partial charge in [-0.1, -0.05) is 69.1 Å². The highest BCUT2D eigenvalue weighted by molar-refractivity contribution is 9.09. The predicted octanol–water partition coefficient (Wildman–Crippen LogP) is 5.27. The minimum absolute atomic E-state index is 0.0661. The van der Waals surface area contributed by atoms with Crippen molar-refractivity contribution in [2.75, 3.05) is 19.8 Å². The second kappa shape index (κ2) is 13.5. The number of fused-ring (bicyclic) bond motifs is 1. The Morgan fingerprint density at radius 3 is 2.45 bits per heavy atom. The molecule has 2 bridgehead atoms. The van der Waals surface area contributed by atoms with Crippen LogP contribution in [0.15, 0.2) is 25.3 Å². The Bertz CT molecular complexity index is 1020. The van der Waals surface area contributed by atoms with Crippen molar-refractivity contribution in [1.29, 1.82) is 0 Å². The molecule has 3 aliphatic rings. The molecule has 0 aliphatic carbocycles. The number of hydrogen-bond acceptors (Lipinski definition) is 6. The van der Waals surface area contributed by atoms with Crippen molar-refractivity contribution in [3.63, 3.8) is 0 Å². The summed E-state index contributed by atoms with van der Waals surface area (Å²) < 4.78 is 12.4. The number of rotatable bonds is 15. The van der Waals surface area contributed by atoms with E-state index in [9.17, 15) is 19.5 Å². The Morgan fingerprint density at radius 1 is 1.24 bits per heavy atom. The topological polar surface area (TPSA) is 96.4 Å². The fourth-order valence-corrected chi connectivity index (χ4v) is 8.70. The van der Waals surface area contributed by atoms with Crippen LogP contribution < -0.4 is 0 Å². The fourth-order valence-electron chi connectivity index (χ4n) is 7.75. The second-order valence-corrected chi connectivity index (χ2v) is 15.5. The molecule has 0 radical (unpaired) electrons. The summed E-state index contributed by atoms with van der Waals surface area (Å²) >= 11 is 3.73. The zero-order chi connectivity index (χ0) is 31.6.